The number of nitrogens with one attached hydrogen (secondary N) is 1. The predicted octanol–water partition coefficient (Wildman–Crippen LogP) is 4.73. The van der Waals surface area contributed by atoms with Gasteiger partial charge >= 0.3 is 0 Å². The van der Waals surface area contributed by atoms with Crippen molar-refractivity contribution in [3.05, 3.63) is 70.2 Å². The average Bonchev–Trinajstić information content (AvgIpc) is 2.50. The van der Waals surface area contributed by atoms with E-state index in [1.54, 1.807) is 7.11 Å². The first-order valence-corrected chi connectivity index (χ1v) is 7.66. The van der Waals surface area contributed by atoms with Crippen molar-refractivity contribution < 1.29 is 4.74 Å². The zero-order valence-corrected chi connectivity index (χ0v) is 13.4. The molecule has 1 N–H and O–H groups in total. The van der Waals surface area contributed by atoms with Gasteiger partial charge in [0.15, 0.2) is 0 Å². The quantitative estimate of drug-likeness (QED) is 0.798. The summed E-state index contributed by atoms with van der Waals surface area (Å²) in [5.41, 5.74) is 3.71. The molecule has 0 spiro atoms. The van der Waals surface area contributed by atoms with Gasteiger partial charge < -0.3 is 10.1 Å². The van der Waals surface area contributed by atoms with Gasteiger partial charge in [0.05, 0.1) is 6.61 Å². The van der Waals surface area contributed by atoms with Crippen molar-refractivity contribution in [3.8, 4) is 0 Å². The molecule has 0 saturated carbocycles. The maximum atomic E-state index is 6.07. The summed E-state index contributed by atoms with van der Waals surface area (Å²) in [6.45, 7) is 3.69. The van der Waals surface area contributed by atoms with E-state index in [0.717, 1.165) is 18.0 Å². The Morgan fingerprint density at radius 3 is 2.43 bits per heavy atom. The molecule has 0 radical (unpaired) electrons. The molecule has 112 valence electrons. The second-order valence-electron chi connectivity index (χ2n) is 5.15. The highest BCUT2D eigenvalue weighted by Gasteiger charge is 2.08. The van der Waals surface area contributed by atoms with E-state index in [1.807, 2.05) is 18.2 Å². The van der Waals surface area contributed by atoms with Gasteiger partial charge in [0.25, 0.3) is 0 Å². The van der Waals surface area contributed by atoms with Crippen LogP contribution in [0.5, 0.6) is 0 Å². The van der Waals surface area contributed by atoms with Gasteiger partial charge in [0.2, 0.25) is 0 Å². The lowest BCUT2D eigenvalue weighted by Gasteiger charge is -2.18. The molecule has 0 saturated heterocycles. The van der Waals surface area contributed by atoms with Gasteiger partial charge in [-0.1, -0.05) is 54.9 Å². The molecule has 3 heteroatoms. The Morgan fingerprint density at radius 1 is 1.10 bits per heavy atom. The molecule has 2 nitrogen and oxygen atoms in total. The van der Waals surface area contributed by atoms with Crippen LogP contribution in [0.3, 0.4) is 0 Å². The smallest absolute Gasteiger partial charge is 0.0713 e. The summed E-state index contributed by atoms with van der Waals surface area (Å²) in [4.78, 5) is 0. The molecule has 2 aromatic carbocycles. The average molecular weight is 304 g/mol. The van der Waals surface area contributed by atoms with Crippen LogP contribution >= 0.6 is 11.6 Å². The second-order valence-corrected chi connectivity index (χ2v) is 5.58. The van der Waals surface area contributed by atoms with Gasteiger partial charge in [-0.2, -0.15) is 0 Å². The minimum atomic E-state index is 0.322. The maximum Gasteiger partial charge on any atom is 0.0713 e. The molecule has 21 heavy (non-hydrogen) atoms. The fraction of sp³-hybridized carbons (Fsp3) is 0.333. The van der Waals surface area contributed by atoms with Crippen molar-refractivity contribution >= 4 is 11.6 Å². The largest absolute Gasteiger partial charge is 0.380 e. The van der Waals surface area contributed by atoms with Crippen molar-refractivity contribution in [3.63, 3.8) is 0 Å². The van der Waals surface area contributed by atoms with E-state index >= 15 is 0 Å². The highest BCUT2D eigenvalue weighted by molar-refractivity contribution is 6.30. The van der Waals surface area contributed by atoms with Crippen molar-refractivity contribution in [1.82, 2.24) is 5.32 Å². The molecule has 1 atom stereocenters. The Morgan fingerprint density at radius 2 is 1.81 bits per heavy atom. The van der Waals surface area contributed by atoms with E-state index in [0.29, 0.717) is 12.6 Å². The topological polar surface area (TPSA) is 21.3 Å². The molecular formula is C18H22ClNO. The van der Waals surface area contributed by atoms with Gasteiger partial charge in [0, 0.05) is 24.7 Å². The Kier molecular flexibility index (Phi) is 6.24. The Hall–Kier alpha value is -1.35. The van der Waals surface area contributed by atoms with Gasteiger partial charge in [-0.3, -0.25) is 0 Å². The zero-order valence-electron chi connectivity index (χ0n) is 12.6. The van der Waals surface area contributed by atoms with Crippen LogP contribution in [0.1, 0.15) is 36.1 Å². The van der Waals surface area contributed by atoms with Crippen LogP contribution in [-0.2, 0) is 17.9 Å². The van der Waals surface area contributed by atoms with E-state index in [1.165, 1.54) is 16.7 Å². The number of hydrogen-bond acceptors (Lipinski definition) is 2. The Labute approximate surface area is 132 Å². The fourth-order valence-electron chi connectivity index (χ4n) is 2.38. The number of ether oxygens (including phenoxy) is 1. The highest BCUT2D eigenvalue weighted by Crippen LogP contribution is 2.20. The number of methoxy groups -OCH3 is 1. The van der Waals surface area contributed by atoms with Crippen molar-refractivity contribution in [2.45, 2.75) is 32.5 Å². The molecule has 2 rings (SSSR count). The predicted molar refractivity (Wildman–Crippen MR) is 88.5 cm³/mol. The molecule has 0 fully saturated rings. The lowest BCUT2D eigenvalue weighted by atomic mass is 10.0. The normalized spacial score (nSPS) is 12.3. The van der Waals surface area contributed by atoms with E-state index in [9.17, 15) is 0 Å². The van der Waals surface area contributed by atoms with Crippen LogP contribution in [0.4, 0.5) is 0 Å². The SMILES string of the molecule is CCC(NCc1ccc(COC)cc1)c1cccc(Cl)c1. The number of halogens is 1. The monoisotopic (exact) mass is 303 g/mol. The van der Waals surface area contributed by atoms with Crippen molar-refractivity contribution in [2.24, 2.45) is 0 Å². The molecule has 0 heterocycles. The van der Waals surface area contributed by atoms with Crippen LogP contribution in [0, 0.1) is 0 Å². The van der Waals surface area contributed by atoms with E-state index < -0.39 is 0 Å². The Bertz CT molecular complexity index is 553. The third kappa shape index (κ3) is 4.85. The first-order valence-electron chi connectivity index (χ1n) is 7.28. The minimum Gasteiger partial charge on any atom is -0.380 e. The van der Waals surface area contributed by atoms with Crippen LogP contribution in [0.2, 0.25) is 5.02 Å². The van der Waals surface area contributed by atoms with Gasteiger partial charge in [-0.25, -0.2) is 0 Å². The molecule has 0 amide bonds. The number of hydrogen-bond donors (Lipinski definition) is 1. The summed E-state index contributed by atoms with van der Waals surface area (Å²) in [5, 5.41) is 4.38. The molecular weight excluding hydrogens is 282 g/mol. The van der Waals surface area contributed by atoms with Crippen LogP contribution in [0.25, 0.3) is 0 Å². The molecule has 0 aromatic heterocycles. The highest BCUT2D eigenvalue weighted by atomic mass is 35.5. The fourth-order valence-corrected chi connectivity index (χ4v) is 2.58. The molecule has 2 aromatic rings. The van der Waals surface area contributed by atoms with Crippen molar-refractivity contribution in [2.75, 3.05) is 7.11 Å². The standard InChI is InChI=1S/C18H22ClNO/c1-3-18(16-5-4-6-17(19)11-16)20-12-14-7-9-15(10-8-14)13-21-2/h4-11,18,20H,3,12-13H2,1-2H3. The molecule has 0 aliphatic heterocycles. The summed E-state index contributed by atoms with van der Waals surface area (Å²) in [6.07, 6.45) is 1.03. The lowest BCUT2D eigenvalue weighted by molar-refractivity contribution is 0.185. The summed E-state index contributed by atoms with van der Waals surface area (Å²) >= 11 is 6.07. The third-order valence-corrected chi connectivity index (χ3v) is 3.78. The summed E-state index contributed by atoms with van der Waals surface area (Å²) in [7, 11) is 1.71. The molecule has 0 aliphatic rings. The van der Waals surface area contributed by atoms with Crippen molar-refractivity contribution in [1.29, 1.82) is 0 Å². The molecule has 0 aliphatic carbocycles. The summed E-state index contributed by atoms with van der Waals surface area (Å²) < 4.78 is 5.12. The zero-order chi connectivity index (χ0) is 15.1. The van der Waals surface area contributed by atoms with Gasteiger partial charge in [-0.15, -0.1) is 0 Å². The first-order chi connectivity index (χ1) is 10.2. The van der Waals surface area contributed by atoms with Crippen LogP contribution < -0.4 is 5.32 Å². The second kappa shape index (κ2) is 8.18. The molecule has 1 unspecified atom stereocenters. The minimum absolute atomic E-state index is 0.322. The summed E-state index contributed by atoms with van der Waals surface area (Å²) in [5.74, 6) is 0. The van der Waals surface area contributed by atoms with Gasteiger partial charge in [-0.05, 0) is 35.2 Å². The maximum absolute atomic E-state index is 6.07. The van der Waals surface area contributed by atoms with Crippen LogP contribution in [-0.4, -0.2) is 7.11 Å². The first kappa shape index (κ1) is 16.0. The van der Waals surface area contributed by atoms with E-state index in [4.69, 9.17) is 16.3 Å². The van der Waals surface area contributed by atoms with E-state index in [-0.39, 0.29) is 0 Å². The van der Waals surface area contributed by atoms with E-state index in [2.05, 4.69) is 42.6 Å². The Balaban J connectivity index is 1.96. The third-order valence-electron chi connectivity index (χ3n) is 3.55. The van der Waals surface area contributed by atoms with Crippen LogP contribution in [0.15, 0.2) is 48.5 Å². The number of rotatable bonds is 7. The van der Waals surface area contributed by atoms with Gasteiger partial charge in [0.1, 0.15) is 0 Å². The lowest BCUT2D eigenvalue weighted by Crippen LogP contribution is -2.20. The summed E-state index contributed by atoms with van der Waals surface area (Å²) in [6, 6.07) is 16.9. The molecule has 0 bridgehead atoms. The number of benzene rings is 2.